The Morgan fingerprint density at radius 3 is 2.86 bits per heavy atom. The van der Waals surface area contributed by atoms with Crippen molar-refractivity contribution in [2.45, 2.75) is 13.3 Å². The standard InChI is InChI=1S/C12H18NO/c1-4-13(2)9-8-11-6-5-7-12(10-11)14-3/h4-7,10H,8-9H2,1-3H3. The zero-order valence-electron chi connectivity index (χ0n) is 9.16. The van der Waals surface area contributed by atoms with E-state index in [0.717, 1.165) is 18.7 Å². The minimum atomic E-state index is 0.936. The summed E-state index contributed by atoms with van der Waals surface area (Å²) in [5, 5.41) is 0. The molecule has 0 unspecified atom stereocenters. The van der Waals surface area contributed by atoms with Gasteiger partial charge >= 0.3 is 0 Å². The van der Waals surface area contributed by atoms with Crippen LogP contribution in [0.25, 0.3) is 0 Å². The van der Waals surface area contributed by atoms with Crippen molar-refractivity contribution in [2.75, 3.05) is 20.7 Å². The van der Waals surface area contributed by atoms with Crippen LogP contribution in [0.5, 0.6) is 5.75 Å². The molecule has 0 heterocycles. The number of rotatable bonds is 5. The Hall–Kier alpha value is -1.02. The van der Waals surface area contributed by atoms with E-state index in [1.807, 2.05) is 19.1 Å². The summed E-state index contributed by atoms with van der Waals surface area (Å²) in [5.74, 6) is 0.936. The van der Waals surface area contributed by atoms with Crippen LogP contribution in [-0.4, -0.2) is 25.6 Å². The first-order valence-electron chi connectivity index (χ1n) is 4.89. The molecule has 0 fully saturated rings. The Kier molecular flexibility index (Phi) is 4.47. The van der Waals surface area contributed by atoms with Gasteiger partial charge in [0.1, 0.15) is 5.75 Å². The lowest BCUT2D eigenvalue weighted by Gasteiger charge is -2.13. The van der Waals surface area contributed by atoms with E-state index in [0.29, 0.717) is 0 Å². The van der Waals surface area contributed by atoms with Crippen molar-refractivity contribution in [3.63, 3.8) is 0 Å². The summed E-state index contributed by atoms with van der Waals surface area (Å²) < 4.78 is 5.17. The molecule has 0 saturated carbocycles. The van der Waals surface area contributed by atoms with E-state index in [4.69, 9.17) is 4.74 Å². The van der Waals surface area contributed by atoms with Crippen molar-refractivity contribution in [3.8, 4) is 5.75 Å². The topological polar surface area (TPSA) is 12.5 Å². The Morgan fingerprint density at radius 2 is 2.21 bits per heavy atom. The van der Waals surface area contributed by atoms with Crippen molar-refractivity contribution < 1.29 is 4.74 Å². The van der Waals surface area contributed by atoms with E-state index in [2.05, 4.69) is 30.6 Å². The highest BCUT2D eigenvalue weighted by Crippen LogP contribution is 2.13. The molecule has 1 rings (SSSR count). The van der Waals surface area contributed by atoms with E-state index in [-0.39, 0.29) is 0 Å². The summed E-state index contributed by atoms with van der Waals surface area (Å²) in [6.45, 7) is 5.18. The zero-order valence-corrected chi connectivity index (χ0v) is 9.16. The van der Waals surface area contributed by atoms with Crippen molar-refractivity contribution in [2.24, 2.45) is 0 Å². The number of hydrogen-bond donors (Lipinski definition) is 0. The van der Waals surface area contributed by atoms with Gasteiger partial charge in [0.25, 0.3) is 0 Å². The van der Waals surface area contributed by atoms with Gasteiger partial charge in [-0.1, -0.05) is 12.1 Å². The lowest BCUT2D eigenvalue weighted by molar-refractivity contribution is 0.408. The quantitative estimate of drug-likeness (QED) is 0.710. The van der Waals surface area contributed by atoms with Crippen molar-refractivity contribution in [1.29, 1.82) is 0 Å². The van der Waals surface area contributed by atoms with Gasteiger partial charge in [-0.25, -0.2) is 0 Å². The largest absolute Gasteiger partial charge is 0.497 e. The number of likely N-dealkylation sites (N-methyl/N-ethyl adjacent to an activating group) is 1. The molecule has 2 heteroatoms. The van der Waals surface area contributed by atoms with Gasteiger partial charge in [0, 0.05) is 13.1 Å². The maximum atomic E-state index is 5.17. The second-order valence-corrected chi connectivity index (χ2v) is 3.34. The van der Waals surface area contributed by atoms with Crippen LogP contribution < -0.4 is 4.74 Å². The lowest BCUT2D eigenvalue weighted by atomic mass is 10.1. The summed E-state index contributed by atoms with van der Waals surface area (Å²) in [4.78, 5) is 2.18. The lowest BCUT2D eigenvalue weighted by Crippen LogP contribution is -2.16. The third kappa shape index (κ3) is 3.38. The molecule has 14 heavy (non-hydrogen) atoms. The molecule has 0 aliphatic carbocycles. The average molecular weight is 192 g/mol. The third-order valence-corrected chi connectivity index (χ3v) is 2.33. The fourth-order valence-electron chi connectivity index (χ4n) is 1.26. The monoisotopic (exact) mass is 192 g/mol. The highest BCUT2D eigenvalue weighted by molar-refractivity contribution is 5.28. The van der Waals surface area contributed by atoms with E-state index in [1.165, 1.54) is 5.56 Å². The Labute approximate surface area is 86.5 Å². The van der Waals surface area contributed by atoms with Gasteiger partial charge in [-0.3, -0.25) is 0 Å². The van der Waals surface area contributed by atoms with E-state index in [1.54, 1.807) is 7.11 Å². The van der Waals surface area contributed by atoms with Crippen LogP contribution in [0, 0.1) is 6.54 Å². The molecule has 1 aromatic rings. The molecule has 1 aromatic carbocycles. The summed E-state index contributed by atoms with van der Waals surface area (Å²) in [5.41, 5.74) is 1.32. The molecule has 0 spiro atoms. The number of ether oxygens (including phenoxy) is 1. The van der Waals surface area contributed by atoms with Crippen molar-refractivity contribution in [3.05, 3.63) is 36.4 Å². The van der Waals surface area contributed by atoms with Crippen LogP contribution in [0.3, 0.4) is 0 Å². The van der Waals surface area contributed by atoms with Gasteiger partial charge in [0.2, 0.25) is 0 Å². The Morgan fingerprint density at radius 1 is 1.43 bits per heavy atom. The molecule has 0 N–H and O–H groups in total. The fraction of sp³-hybridized carbons (Fsp3) is 0.417. The van der Waals surface area contributed by atoms with Gasteiger partial charge in [-0.15, -0.1) is 0 Å². The normalized spacial score (nSPS) is 10.6. The Bertz CT molecular complexity index is 273. The third-order valence-electron chi connectivity index (χ3n) is 2.33. The van der Waals surface area contributed by atoms with E-state index < -0.39 is 0 Å². The minimum absolute atomic E-state index is 0.936. The van der Waals surface area contributed by atoms with Gasteiger partial charge in [0.05, 0.1) is 7.11 Å². The predicted octanol–water partition coefficient (Wildman–Crippen LogP) is 2.35. The summed E-state index contributed by atoms with van der Waals surface area (Å²) in [6.07, 6.45) is 1.05. The number of methoxy groups -OCH3 is 1. The van der Waals surface area contributed by atoms with E-state index >= 15 is 0 Å². The number of benzene rings is 1. The van der Waals surface area contributed by atoms with Crippen LogP contribution in [0.1, 0.15) is 12.5 Å². The summed E-state index contributed by atoms with van der Waals surface area (Å²) in [6, 6.07) is 8.22. The number of nitrogens with zero attached hydrogens (tertiary/aromatic N) is 1. The smallest absolute Gasteiger partial charge is 0.119 e. The molecular formula is C12H18NO. The highest BCUT2D eigenvalue weighted by atomic mass is 16.5. The van der Waals surface area contributed by atoms with Crippen molar-refractivity contribution in [1.82, 2.24) is 4.90 Å². The second-order valence-electron chi connectivity index (χ2n) is 3.34. The van der Waals surface area contributed by atoms with Gasteiger partial charge in [0.15, 0.2) is 0 Å². The Balaban J connectivity index is 2.50. The molecule has 0 saturated heterocycles. The highest BCUT2D eigenvalue weighted by Gasteiger charge is 1.98. The molecule has 0 aliphatic heterocycles. The van der Waals surface area contributed by atoms with Crippen LogP contribution in [0.4, 0.5) is 0 Å². The molecular weight excluding hydrogens is 174 g/mol. The minimum Gasteiger partial charge on any atom is -0.497 e. The molecule has 0 aromatic heterocycles. The maximum Gasteiger partial charge on any atom is 0.119 e. The summed E-state index contributed by atoms with van der Waals surface area (Å²) >= 11 is 0. The molecule has 2 nitrogen and oxygen atoms in total. The second kappa shape index (κ2) is 5.66. The van der Waals surface area contributed by atoms with Gasteiger partial charge in [-0.05, 0) is 38.1 Å². The van der Waals surface area contributed by atoms with Crippen LogP contribution >= 0.6 is 0 Å². The summed E-state index contributed by atoms with van der Waals surface area (Å²) in [7, 11) is 3.78. The average Bonchev–Trinajstić information content (AvgIpc) is 2.26. The maximum absolute atomic E-state index is 5.17. The first-order chi connectivity index (χ1) is 6.76. The van der Waals surface area contributed by atoms with Crippen molar-refractivity contribution >= 4 is 0 Å². The van der Waals surface area contributed by atoms with Crippen LogP contribution in [0.2, 0.25) is 0 Å². The molecule has 77 valence electrons. The van der Waals surface area contributed by atoms with Crippen LogP contribution in [0.15, 0.2) is 24.3 Å². The SMILES string of the molecule is C[CH]N(C)CCc1cccc(OC)c1. The first kappa shape index (κ1) is 11.1. The molecule has 0 atom stereocenters. The zero-order chi connectivity index (χ0) is 10.4. The predicted molar refractivity (Wildman–Crippen MR) is 59.3 cm³/mol. The fourth-order valence-corrected chi connectivity index (χ4v) is 1.26. The molecule has 0 aliphatic rings. The molecule has 0 bridgehead atoms. The molecule has 0 amide bonds. The van der Waals surface area contributed by atoms with Gasteiger partial charge in [-0.2, -0.15) is 0 Å². The van der Waals surface area contributed by atoms with Crippen LogP contribution in [-0.2, 0) is 6.42 Å². The van der Waals surface area contributed by atoms with E-state index in [9.17, 15) is 0 Å². The van der Waals surface area contributed by atoms with Gasteiger partial charge < -0.3 is 9.64 Å². The molecule has 1 radical (unpaired) electrons. The number of hydrogen-bond acceptors (Lipinski definition) is 2. The first-order valence-corrected chi connectivity index (χ1v) is 4.89.